The second-order valence-electron chi connectivity index (χ2n) is 5.95. The van der Waals surface area contributed by atoms with Gasteiger partial charge in [0.05, 0.1) is 0 Å². The topological polar surface area (TPSA) is 29.9 Å². The summed E-state index contributed by atoms with van der Waals surface area (Å²) in [7, 11) is 0. The minimum atomic E-state index is 0.721. The van der Waals surface area contributed by atoms with Crippen LogP contribution in [-0.2, 0) is 6.54 Å². The molecule has 1 aliphatic carbocycles. The lowest BCUT2D eigenvalue weighted by atomic mass is 9.99. The first-order chi connectivity index (χ1) is 10.4. The summed E-state index contributed by atoms with van der Waals surface area (Å²) < 4.78 is 2.30. The molecule has 1 saturated carbocycles. The second-order valence-corrected chi connectivity index (χ2v) is 5.95. The Morgan fingerprint density at radius 1 is 1.24 bits per heavy atom. The average Bonchev–Trinajstić information content (AvgIpc) is 3.15. The zero-order chi connectivity index (χ0) is 14.5. The summed E-state index contributed by atoms with van der Waals surface area (Å²) in [5.41, 5.74) is 1.21. The smallest absolute Gasteiger partial charge is 0.139 e. The zero-order valence-corrected chi connectivity index (χ0v) is 12.8. The van der Waals surface area contributed by atoms with Gasteiger partial charge < -0.3 is 9.88 Å². The van der Waals surface area contributed by atoms with Gasteiger partial charge in [-0.2, -0.15) is 0 Å². The van der Waals surface area contributed by atoms with Crippen molar-refractivity contribution in [2.75, 3.05) is 6.54 Å². The van der Waals surface area contributed by atoms with Gasteiger partial charge in [0.15, 0.2) is 0 Å². The number of aryl methyl sites for hydroxylation is 1. The molecule has 3 heteroatoms. The van der Waals surface area contributed by atoms with Gasteiger partial charge in [-0.1, -0.05) is 43.7 Å². The van der Waals surface area contributed by atoms with Crippen LogP contribution < -0.4 is 5.32 Å². The molecule has 0 spiro atoms. The van der Waals surface area contributed by atoms with E-state index in [9.17, 15) is 0 Å². The molecule has 112 valence electrons. The van der Waals surface area contributed by atoms with E-state index in [1.807, 2.05) is 6.20 Å². The van der Waals surface area contributed by atoms with Gasteiger partial charge in [-0.3, -0.25) is 0 Å². The summed E-state index contributed by atoms with van der Waals surface area (Å²) >= 11 is 0. The Balaban J connectivity index is 1.65. The summed E-state index contributed by atoms with van der Waals surface area (Å²) in [5.74, 6) is 1.91. The molecule has 21 heavy (non-hydrogen) atoms. The zero-order valence-electron chi connectivity index (χ0n) is 12.8. The summed E-state index contributed by atoms with van der Waals surface area (Å²) in [6, 6.07) is 11.2. The van der Waals surface area contributed by atoms with Crippen LogP contribution in [0.5, 0.6) is 0 Å². The lowest BCUT2D eigenvalue weighted by Gasteiger charge is -2.21. The van der Waals surface area contributed by atoms with Crippen LogP contribution in [0.3, 0.4) is 0 Å². The normalized spacial score (nSPS) is 21.8. The average molecular weight is 283 g/mol. The highest BCUT2D eigenvalue weighted by Gasteiger charge is 2.26. The molecule has 0 bridgehead atoms. The Kier molecular flexibility index (Phi) is 4.71. The minimum Gasteiger partial charge on any atom is -0.331 e. The quantitative estimate of drug-likeness (QED) is 0.875. The summed E-state index contributed by atoms with van der Waals surface area (Å²) in [6.45, 7) is 4.36. The fourth-order valence-electron chi connectivity index (χ4n) is 3.56. The summed E-state index contributed by atoms with van der Waals surface area (Å²) in [5, 5.41) is 3.65. The maximum absolute atomic E-state index is 4.53. The van der Waals surface area contributed by atoms with E-state index in [0.29, 0.717) is 0 Å². The molecule has 0 amide bonds. The van der Waals surface area contributed by atoms with Gasteiger partial charge in [0.25, 0.3) is 0 Å². The Bertz CT molecular complexity index is 547. The Morgan fingerprint density at radius 3 is 2.90 bits per heavy atom. The van der Waals surface area contributed by atoms with E-state index in [4.69, 9.17) is 0 Å². The van der Waals surface area contributed by atoms with E-state index < -0.39 is 0 Å². The molecule has 0 radical (unpaired) electrons. The van der Waals surface area contributed by atoms with Crippen molar-refractivity contribution in [2.24, 2.45) is 5.92 Å². The van der Waals surface area contributed by atoms with E-state index in [0.717, 1.165) is 30.9 Å². The molecule has 1 aliphatic rings. The van der Waals surface area contributed by atoms with Crippen molar-refractivity contribution in [3.63, 3.8) is 0 Å². The fraction of sp³-hybridized carbons (Fsp3) is 0.500. The monoisotopic (exact) mass is 283 g/mol. The number of nitrogens with one attached hydrogen (secondary N) is 1. The summed E-state index contributed by atoms with van der Waals surface area (Å²) in [4.78, 5) is 4.53. The maximum Gasteiger partial charge on any atom is 0.139 e. The van der Waals surface area contributed by atoms with Gasteiger partial charge in [-0.15, -0.1) is 0 Å². The number of imidazole rings is 1. The highest BCUT2D eigenvalue weighted by atomic mass is 15.1. The molecule has 2 atom stereocenters. The Morgan fingerprint density at radius 2 is 2.10 bits per heavy atom. The first kappa shape index (κ1) is 14.3. The SMILES string of the molecule is CCNC1CCCC1CCn1ccnc1-c1ccccc1. The van der Waals surface area contributed by atoms with Crippen molar-refractivity contribution in [3.05, 3.63) is 42.7 Å². The molecular formula is C18H25N3. The van der Waals surface area contributed by atoms with Crippen LogP contribution in [0.1, 0.15) is 32.6 Å². The van der Waals surface area contributed by atoms with Gasteiger partial charge in [-0.25, -0.2) is 4.98 Å². The fourth-order valence-corrected chi connectivity index (χ4v) is 3.56. The van der Waals surface area contributed by atoms with Crippen LogP contribution in [0.25, 0.3) is 11.4 Å². The Labute approximate surface area is 127 Å². The number of rotatable bonds is 6. The highest BCUT2D eigenvalue weighted by Crippen LogP contribution is 2.29. The first-order valence-corrected chi connectivity index (χ1v) is 8.18. The number of benzene rings is 1. The molecule has 1 N–H and O–H groups in total. The van der Waals surface area contributed by atoms with Gasteiger partial charge in [-0.05, 0) is 31.7 Å². The van der Waals surface area contributed by atoms with Gasteiger partial charge in [0.1, 0.15) is 5.82 Å². The van der Waals surface area contributed by atoms with Crippen LogP contribution in [0.15, 0.2) is 42.7 Å². The standard InChI is InChI=1S/C18H25N3/c1-2-19-17-10-6-9-15(17)11-13-21-14-12-20-18(21)16-7-4-3-5-8-16/h3-5,7-8,12,14-15,17,19H,2,6,9-11,13H2,1H3. The molecule has 2 unspecified atom stereocenters. The third-order valence-corrected chi connectivity index (χ3v) is 4.61. The molecule has 1 fully saturated rings. The third kappa shape index (κ3) is 3.35. The van der Waals surface area contributed by atoms with Crippen LogP contribution in [0.2, 0.25) is 0 Å². The van der Waals surface area contributed by atoms with Gasteiger partial charge >= 0.3 is 0 Å². The van der Waals surface area contributed by atoms with E-state index in [2.05, 4.69) is 58.3 Å². The third-order valence-electron chi connectivity index (χ3n) is 4.61. The second kappa shape index (κ2) is 6.90. The molecule has 1 aromatic carbocycles. The van der Waals surface area contributed by atoms with E-state index in [-0.39, 0.29) is 0 Å². The van der Waals surface area contributed by atoms with Crippen molar-refractivity contribution in [1.82, 2.24) is 14.9 Å². The maximum atomic E-state index is 4.53. The minimum absolute atomic E-state index is 0.721. The molecule has 0 saturated heterocycles. The van der Waals surface area contributed by atoms with Gasteiger partial charge in [0.2, 0.25) is 0 Å². The molecular weight excluding hydrogens is 258 g/mol. The van der Waals surface area contributed by atoms with Crippen molar-refractivity contribution >= 4 is 0 Å². The number of hydrogen-bond donors (Lipinski definition) is 1. The molecule has 3 nitrogen and oxygen atoms in total. The predicted octanol–water partition coefficient (Wildman–Crippen LogP) is 3.72. The lowest BCUT2D eigenvalue weighted by molar-refractivity contribution is 0.367. The Hall–Kier alpha value is -1.61. The summed E-state index contributed by atoms with van der Waals surface area (Å²) in [6.07, 6.45) is 9.35. The predicted molar refractivity (Wildman–Crippen MR) is 87.1 cm³/mol. The van der Waals surface area contributed by atoms with Crippen molar-refractivity contribution < 1.29 is 0 Å². The number of nitrogens with zero attached hydrogens (tertiary/aromatic N) is 2. The van der Waals surface area contributed by atoms with Crippen LogP contribution >= 0.6 is 0 Å². The van der Waals surface area contributed by atoms with Gasteiger partial charge in [0, 0.05) is 30.5 Å². The molecule has 1 heterocycles. The molecule has 3 rings (SSSR count). The van der Waals surface area contributed by atoms with Crippen molar-refractivity contribution in [2.45, 2.75) is 45.2 Å². The van der Waals surface area contributed by atoms with Crippen molar-refractivity contribution in [1.29, 1.82) is 0 Å². The lowest BCUT2D eigenvalue weighted by Crippen LogP contribution is -2.32. The number of aromatic nitrogens is 2. The van der Waals surface area contributed by atoms with E-state index in [1.54, 1.807) is 0 Å². The first-order valence-electron chi connectivity index (χ1n) is 8.18. The number of hydrogen-bond acceptors (Lipinski definition) is 2. The van der Waals surface area contributed by atoms with Crippen LogP contribution in [0, 0.1) is 5.92 Å². The largest absolute Gasteiger partial charge is 0.331 e. The molecule has 2 aromatic rings. The highest BCUT2D eigenvalue weighted by molar-refractivity contribution is 5.55. The van der Waals surface area contributed by atoms with Crippen molar-refractivity contribution in [3.8, 4) is 11.4 Å². The molecule has 1 aromatic heterocycles. The molecule has 0 aliphatic heterocycles. The van der Waals surface area contributed by atoms with E-state index >= 15 is 0 Å². The van der Waals surface area contributed by atoms with E-state index in [1.165, 1.54) is 31.2 Å². The van der Waals surface area contributed by atoms with Crippen LogP contribution in [0.4, 0.5) is 0 Å². The van der Waals surface area contributed by atoms with Crippen LogP contribution in [-0.4, -0.2) is 22.1 Å².